The molecule has 1 aromatic rings. The summed E-state index contributed by atoms with van der Waals surface area (Å²) in [6.07, 6.45) is 4.93. The summed E-state index contributed by atoms with van der Waals surface area (Å²) in [5.74, 6) is 3.08. The molecule has 0 bridgehead atoms. The number of nitrogens with one attached hydrogen (secondary N) is 1. The van der Waals surface area contributed by atoms with Crippen LogP contribution in [0, 0.1) is 5.92 Å². The van der Waals surface area contributed by atoms with Gasteiger partial charge < -0.3 is 19.5 Å². The van der Waals surface area contributed by atoms with Crippen LogP contribution in [0.15, 0.2) is 12.1 Å². The van der Waals surface area contributed by atoms with Crippen LogP contribution >= 0.6 is 0 Å². The van der Waals surface area contributed by atoms with E-state index in [9.17, 15) is 0 Å². The summed E-state index contributed by atoms with van der Waals surface area (Å²) in [5.41, 5.74) is 1.15. The zero-order chi connectivity index (χ0) is 15.1. The number of hydrogen-bond donors (Lipinski definition) is 1. The van der Waals surface area contributed by atoms with E-state index in [0.717, 1.165) is 61.3 Å². The van der Waals surface area contributed by atoms with Crippen molar-refractivity contribution in [3.05, 3.63) is 17.7 Å². The number of hydrogen-bond acceptors (Lipinski definition) is 4. The lowest BCUT2D eigenvalue weighted by Gasteiger charge is -2.16. The Kier molecular flexibility index (Phi) is 6.18. The van der Waals surface area contributed by atoms with E-state index in [1.54, 1.807) is 14.2 Å². The molecule has 0 spiro atoms. The van der Waals surface area contributed by atoms with Gasteiger partial charge in [0.2, 0.25) is 5.75 Å². The zero-order valence-corrected chi connectivity index (χ0v) is 13.4. The highest BCUT2D eigenvalue weighted by Gasteiger charge is 2.22. The third-order valence-electron chi connectivity index (χ3n) is 3.75. The summed E-state index contributed by atoms with van der Waals surface area (Å²) in [7, 11) is 3.34. The maximum atomic E-state index is 5.91. The molecule has 21 heavy (non-hydrogen) atoms. The minimum absolute atomic E-state index is 0.722. The van der Waals surface area contributed by atoms with Gasteiger partial charge in [0.1, 0.15) is 0 Å². The molecule has 1 fully saturated rings. The van der Waals surface area contributed by atoms with Crippen LogP contribution in [0.3, 0.4) is 0 Å². The Hall–Kier alpha value is -1.42. The third kappa shape index (κ3) is 4.81. The summed E-state index contributed by atoms with van der Waals surface area (Å²) >= 11 is 0. The molecule has 1 aliphatic carbocycles. The Balaban J connectivity index is 2.05. The molecular formula is C17H27NO3. The molecule has 0 aliphatic heterocycles. The first-order valence-corrected chi connectivity index (χ1v) is 7.86. The summed E-state index contributed by atoms with van der Waals surface area (Å²) < 4.78 is 16.9. The summed E-state index contributed by atoms with van der Waals surface area (Å²) in [5, 5.41) is 3.39. The fraction of sp³-hybridized carbons (Fsp3) is 0.647. The van der Waals surface area contributed by atoms with Crippen molar-refractivity contribution in [1.82, 2.24) is 5.32 Å². The molecule has 4 nitrogen and oxygen atoms in total. The standard InChI is InChI=1S/C17H27NO3/c1-4-8-18-12-14-10-15(19-2)17(16(11-14)20-3)21-9-7-13-5-6-13/h10-11,13,18H,4-9,12H2,1-3H3. The van der Waals surface area contributed by atoms with Crippen molar-refractivity contribution >= 4 is 0 Å². The zero-order valence-electron chi connectivity index (χ0n) is 13.4. The molecular weight excluding hydrogens is 266 g/mol. The molecule has 118 valence electrons. The van der Waals surface area contributed by atoms with Crippen molar-refractivity contribution in [3.8, 4) is 17.2 Å². The highest BCUT2D eigenvalue weighted by Crippen LogP contribution is 2.39. The molecule has 1 aromatic carbocycles. The van der Waals surface area contributed by atoms with Crippen LogP contribution in [0.25, 0.3) is 0 Å². The van der Waals surface area contributed by atoms with E-state index in [1.807, 2.05) is 12.1 Å². The highest BCUT2D eigenvalue weighted by molar-refractivity contribution is 5.53. The SMILES string of the molecule is CCCNCc1cc(OC)c(OCCC2CC2)c(OC)c1. The fourth-order valence-corrected chi connectivity index (χ4v) is 2.32. The Bertz CT molecular complexity index is 419. The Morgan fingerprint density at radius 3 is 2.33 bits per heavy atom. The Morgan fingerprint density at radius 2 is 1.81 bits per heavy atom. The normalized spacial score (nSPS) is 14.0. The second-order valence-corrected chi connectivity index (χ2v) is 5.59. The van der Waals surface area contributed by atoms with E-state index in [4.69, 9.17) is 14.2 Å². The van der Waals surface area contributed by atoms with Gasteiger partial charge in [-0.25, -0.2) is 0 Å². The van der Waals surface area contributed by atoms with Gasteiger partial charge in [-0.1, -0.05) is 19.8 Å². The number of benzene rings is 1. The van der Waals surface area contributed by atoms with Crippen molar-refractivity contribution in [1.29, 1.82) is 0 Å². The summed E-state index contributed by atoms with van der Waals surface area (Å²) in [6.45, 7) is 4.70. The molecule has 0 radical (unpaired) electrons. The first kappa shape index (κ1) is 16.0. The van der Waals surface area contributed by atoms with Crippen molar-refractivity contribution in [2.75, 3.05) is 27.4 Å². The minimum Gasteiger partial charge on any atom is -0.493 e. The second kappa shape index (κ2) is 8.13. The highest BCUT2D eigenvalue weighted by atomic mass is 16.5. The van der Waals surface area contributed by atoms with Gasteiger partial charge >= 0.3 is 0 Å². The van der Waals surface area contributed by atoms with Crippen LogP contribution in [0.2, 0.25) is 0 Å². The second-order valence-electron chi connectivity index (χ2n) is 5.59. The molecule has 0 heterocycles. The maximum Gasteiger partial charge on any atom is 0.203 e. The molecule has 0 atom stereocenters. The van der Waals surface area contributed by atoms with Crippen molar-refractivity contribution in [2.24, 2.45) is 5.92 Å². The molecule has 0 amide bonds. The van der Waals surface area contributed by atoms with Crippen LogP contribution in [0.5, 0.6) is 17.2 Å². The van der Waals surface area contributed by atoms with Crippen LogP contribution in [0.4, 0.5) is 0 Å². The van der Waals surface area contributed by atoms with Crippen molar-refractivity contribution < 1.29 is 14.2 Å². The van der Waals surface area contributed by atoms with Crippen molar-refractivity contribution in [2.45, 2.75) is 39.2 Å². The monoisotopic (exact) mass is 293 g/mol. The lowest BCUT2D eigenvalue weighted by molar-refractivity contribution is 0.265. The Labute approximate surface area is 127 Å². The number of ether oxygens (including phenoxy) is 3. The average molecular weight is 293 g/mol. The Morgan fingerprint density at radius 1 is 1.14 bits per heavy atom. The predicted octanol–water partition coefficient (Wildman–Crippen LogP) is 3.38. The topological polar surface area (TPSA) is 39.7 Å². The van der Waals surface area contributed by atoms with Crippen LogP contribution in [-0.2, 0) is 6.54 Å². The molecule has 1 N–H and O–H groups in total. The average Bonchev–Trinajstić information content (AvgIpc) is 3.32. The van der Waals surface area contributed by atoms with Gasteiger partial charge in [0.05, 0.1) is 20.8 Å². The van der Waals surface area contributed by atoms with Gasteiger partial charge in [-0.3, -0.25) is 0 Å². The van der Waals surface area contributed by atoms with Crippen LogP contribution < -0.4 is 19.5 Å². The summed E-state index contributed by atoms with van der Waals surface area (Å²) in [4.78, 5) is 0. The molecule has 0 unspecified atom stereocenters. The lowest BCUT2D eigenvalue weighted by Crippen LogP contribution is -2.14. The molecule has 1 aliphatic rings. The van der Waals surface area contributed by atoms with E-state index in [1.165, 1.54) is 12.8 Å². The summed E-state index contributed by atoms with van der Waals surface area (Å²) in [6, 6.07) is 4.05. The number of methoxy groups -OCH3 is 2. The molecule has 2 rings (SSSR count). The van der Waals surface area contributed by atoms with Gasteiger partial charge in [-0.15, -0.1) is 0 Å². The van der Waals surface area contributed by atoms with Gasteiger partial charge in [0.25, 0.3) is 0 Å². The first-order valence-electron chi connectivity index (χ1n) is 7.86. The number of rotatable bonds is 10. The quantitative estimate of drug-likeness (QED) is 0.671. The van der Waals surface area contributed by atoms with Gasteiger partial charge in [-0.2, -0.15) is 0 Å². The van der Waals surface area contributed by atoms with Crippen LogP contribution in [-0.4, -0.2) is 27.4 Å². The maximum absolute atomic E-state index is 5.91. The van der Waals surface area contributed by atoms with E-state index in [2.05, 4.69) is 12.2 Å². The largest absolute Gasteiger partial charge is 0.493 e. The van der Waals surface area contributed by atoms with Crippen molar-refractivity contribution in [3.63, 3.8) is 0 Å². The van der Waals surface area contributed by atoms with E-state index in [0.29, 0.717) is 0 Å². The first-order chi connectivity index (χ1) is 10.3. The molecule has 0 aromatic heterocycles. The smallest absolute Gasteiger partial charge is 0.203 e. The van der Waals surface area contributed by atoms with Gasteiger partial charge in [0, 0.05) is 6.54 Å². The molecule has 1 saturated carbocycles. The van der Waals surface area contributed by atoms with E-state index >= 15 is 0 Å². The van der Waals surface area contributed by atoms with Crippen LogP contribution in [0.1, 0.15) is 38.2 Å². The lowest BCUT2D eigenvalue weighted by atomic mass is 10.1. The predicted molar refractivity (Wildman–Crippen MR) is 84.4 cm³/mol. The van der Waals surface area contributed by atoms with E-state index in [-0.39, 0.29) is 0 Å². The van der Waals surface area contributed by atoms with E-state index < -0.39 is 0 Å². The molecule has 0 saturated heterocycles. The van der Waals surface area contributed by atoms with Gasteiger partial charge in [-0.05, 0) is 43.0 Å². The molecule has 4 heteroatoms. The third-order valence-corrected chi connectivity index (χ3v) is 3.75. The van der Waals surface area contributed by atoms with Gasteiger partial charge in [0.15, 0.2) is 11.5 Å². The minimum atomic E-state index is 0.722. The fourth-order valence-electron chi connectivity index (χ4n) is 2.32.